The van der Waals surface area contributed by atoms with Crippen LogP contribution in [0.2, 0.25) is 0 Å². The van der Waals surface area contributed by atoms with Gasteiger partial charge in [-0.05, 0) is 43.9 Å². The lowest BCUT2D eigenvalue weighted by Crippen LogP contribution is -2.16. The predicted molar refractivity (Wildman–Crippen MR) is 73.3 cm³/mol. The zero-order valence-electron chi connectivity index (χ0n) is 11.1. The van der Waals surface area contributed by atoms with Crippen LogP contribution in [0.5, 0.6) is 0 Å². The summed E-state index contributed by atoms with van der Waals surface area (Å²) in [6.45, 7) is 6.39. The fraction of sp³-hybridized carbons (Fsp3) is 0.333. The standard InChI is InChI=1S/C15H19N3/c1-10-6-11(2)13(12(3)7-10)8-14(16)15-9-17-4-5-18-15/h4-7,9,14H,8,16H2,1-3H3. The number of aryl methyl sites for hydroxylation is 3. The molecule has 1 aromatic heterocycles. The zero-order chi connectivity index (χ0) is 13.1. The molecule has 0 aliphatic carbocycles. The monoisotopic (exact) mass is 241 g/mol. The Morgan fingerprint density at radius 1 is 1.11 bits per heavy atom. The minimum absolute atomic E-state index is 0.0983. The van der Waals surface area contributed by atoms with Gasteiger partial charge < -0.3 is 5.73 Å². The molecule has 0 aliphatic heterocycles. The van der Waals surface area contributed by atoms with Crippen molar-refractivity contribution in [2.45, 2.75) is 33.2 Å². The van der Waals surface area contributed by atoms with Gasteiger partial charge in [-0.2, -0.15) is 0 Å². The molecule has 0 saturated carbocycles. The van der Waals surface area contributed by atoms with Crippen LogP contribution in [0, 0.1) is 20.8 Å². The summed E-state index contributed by atoms with van der Waals surface area (Å²) in [7, 11) is 0. The summed E-state index contributed by atoms with van der Waals surface area (Å²) in [5, 5.41) is 0. The van der Waals surface area contributed by atoms with E-state index >= 15 is 0 Å². The van der Waals surface area contributed by atoms with Gasteiger partial charge in [0.25, 0.3) is 0 Å². The van der Waals surface area contributed by atoms with E-state index in [4.69, 9.17) is 5.73 Å². The highest BCUT2D eigenvalue weighted by Gasteiger charge is 2.12. The van der Waals surface area contributed by atoms with Crippen molar-refractivity contribution >= 4 is 0 Å². The molecule has 0 aliphatic rings. The van der Waals surface area contributed by atoms with Gasteiger partial charge in [0.2, 0.25) is 0 Å². The smallest absolute Gasteiger partial charge is 0.0757 e. The predicted octanol–water partition coefficient (Wildman–Crippen LogP) is 2.64. The molecule has 2 aromatic rings. The largest absolute Gasteiger partial charge is 0.322 e. The summed E-state index contributed by atoms with van der Waals surface area (Å²) < 4.78 is 0. The second kappa shape index (κ2) is 5.27. The summed E-state index contributed by atoms with van der Waals surface area (Å²) in [6.07, 6.45) is 5.89. The minimum atomic E-state index is -0.0983. The molecule has 3 nitrogen and oxygen atoms in total. The molecule has 0 saturated heterocycles. The summed E-state index contributed by atoms with van der Waals surface area (Å²) >= 11 is 0. The van der Waals surface area contributed by atoms with Crippen LogP contribution >= 0.6 is 0 Å². The lowest BCUT2D eigenvalue weighted by Gasteiger charge is -2.15. The Morgan fingerprint density at radius 2 is 1.78 bits per heavy atom. The van der Waals surface area contributed by atoms with Gasteiger partial charge in [-0.1, -0.05) is 17.7 Å². The maximum absolute atomic E-state index is 6.20. The highest BCUT2D eigenvalue weighted by molar-refractivity contribution is 5.38. The van der Waals surface area contributed by atoms with E-state index in [1.54, 1.807) is 18.6 Å². The number of hydrogen-bond acceptors (Lipinski definition) is 3. The van der Waals surface area contributed by atoms with Crippen molar-refractivity contribution in [1.29, 1.82) is 0 Å². The Kier molecular flexibility index (Phi) is 3.72. The molecular weight excluding hydrogens is 222 g/mol. The van der Waals surface area contributed by atoms with Crippen molar-refractivity contribution in [1.82, 2.24) is 9.97 Å². The molecule has 94 valence electrons. The van der Waals surface area contributed by atoms with Gasteiger partial charge in [-0.3, -0.25) is 9.97 Å². The first-order chi connectivity index (χ1) is 8.58. The maximum Gasteiger partial charge on any atom is 0.0757 e. The van der Waals surface area contributed by atoms with Crippen molar-refractivity contribution in [3.8, 4) is 0 Å². The van der Waals surface area contributed by atoms with E-state index in [0.29, 0.717) is 0 Å². The molecule has 1 aromatic carbocycles. The van der Waals surface area contributed by atoms with Gasteiger partial charge in [0.05, 0.1) is 11.7 Å². The van der Waals surface area contributed by atoms with Gasteiger partial charge in [0.15, 0.2) is 0 Å². The number of rotatable bonds is 3. The van der Waals surface area contributed by atoms with E-state index in [1.807, 2.05) is 0 Å². The van der Waals surface area contributed by atoms with Gasteiger partial charge >= 0.3 is 0 Å². The Labute approximate surface area is 108 Å². The average Bonchev–Trinajstić information content (AvgIpc) is 2.34. The fourth-order valence-corrected chi connectivity index (χ4v) is 2.36. The molecule has 2 N–H and O–H groups in total. The second-order valence-corrected chi connectivity index (χ2v) is 4.82. The third-order valence-corrected chi connectivity index (χ3v) is 3.23. The third kappa shape index (κ3) is 2.74. The Hall–Kier alpha value is -1.74. The SMILES string of the molecule is Cc1cc(C)c(CC(N)c2cnccn2)c(C)c1. The number of aromatic nitrogens is 2. The van der Waals surface area contributed by atoms with Gasteiger partial charge in [0, 0.05) is 18.6 Å². The molecule has 0 bridgehead atoms. The molecule has 0 fully saturated rings. The molecule has 18 heavy (non-hydrogen) atoms. The van der Waals surface area contributed by atoms with Crippen molar-refractivity contribution in [3.05, 3.63) is 58.7 Å². The van der Waals surface area contributed by atoms with Crippen molar-refractivity contribution in [2.24, 2.45) is 5.73 Å². The van der Waals surface area contributed by atoms with Crippen molar-refractivity contribution in [3.63, 3.8) is 0 Å². The topological polar surface area (TPSA) is 51.8 Å². The molecule has 1 atom stereocenters. The molecule has 0 radical (unpaired) electrons. The molecule has 2 rings (SSSR count). The third-order valence-electron chi connectivity index (χ3n) is 3.23. The lowest BCUT2D eigenvalue weighted by atomic mass is 9.94. The first-order valence-electron chi connectivity index (χ1n) is 6.16. The van der Waals surface area contributed by atoms with Gasteiger partial charge in [-0.15, -0.1) is 0 Å². The lowest BCUT2D eigenvalue weighted by molar-refractivity contribution is 0.686. The van der Waals surface area contributed by atoms with Gasteiger partial charge in [-0.25, -0.2) is 0 Å². The molecular formula is C15H19N3. The zero-order valence-corrected chi connectivity index (χ0v) is 11.1. The second-order valence-electron chi connectivity index (χ2n) is 4.82. The Bertz CT molecular complexity index is 512. The van der Waals surface area contributed by atoms with Crippen LogP contribution in [-0.4, -0.2) is 9.97 Å². The van der Waals surface area contributed by atoms with E-state index in [9.17, 15) is 0 Å². The summed E-state index contributed by atoms with van der Waals surface area (Å²) in [5.74, 6) is 0. The fourth-order valence-electron chi connectivity index (χ4n) is 2.36. The van der Waals surface area contributed by atoms with Crippen LogP contribution in [0.25, 0.3) is 0 Å². The number of hydrogen-bond donors (Lipinski definition) is 1. The van der Waals surface area contributed by atoms with E-state index in [1.165, 1.54) is 22.3 Å². The van der Waals surface area contributed by atoms with E-state index in [0.717, 1.165) is 12.1 Å². The highest BCUT2D eigenvalue weighted by Crippen LogP contribution is 2.21. The van der Waals surface area contributed by atoms with E-state index in [-0.39, 0.29) is 6.04 Å². The first kappa shape index (κ1) is 12.7. The Morgan fingerprint density at radius 3 is 2.33 bits per heavy atom. The summed E-state index contributed by atoms with van der Waals surface area (Å²) in [4.78, 5) is 8.33. The number of nitrogens with zero attached hydrogens (tertiary/aromatic N) is 2. The molecule has 0 spiro atoms. The molecule has 0 amide bonds. The quantitative estimate of drug-likeness (QED) is 0.898. The molecule has 1 unspecified atom stereocenters. The molecule has 1 heterocycles. The normalized spacial score (nSPS) is 12.4. The van der Waals surface area contributed by atoms with Crippen LogP contribution in [0.15, 0.2) is 30.7 Å². The summed E-state index contributed by atoms with van der Waals surface area (Å²) in [6, 6.07) is 4.30. The molecule has 3 heteroatoms. The first-order valence-corrected chi connectivity index (χ1v) is 6.16. The number of benzene rings is 1. The van der Waals surface area contributed by atoms with E-state index in [2.05, 4.69) is 42.9 Å². The van der Waals surface area contributed by atoms with Crippen molar-refractivity contribution in [2.75, 3.05) is 0 Å². The average molecular weight is 241 g/mol. The van der Waals surface area contributed by atoms with Crippen LogP contribution < -0.4 is 5.73 Å². The summed E-state index contributed by atoms with van der Waals surface area (Å²) in [5.41, 5.74) is 12.3. The minimum Gasteiger partial charge on any atom is -0.322 e. The van der Waals surface area contributed by atoms with Crippen LogP contribution in [-0.2, 0) is 6.42 Å². The van der Waals surface area contributed by atoms with Crippen LogP contribution in [0.3, 0.4) is 0 Å². The highest BCUT2D eigenvalue weighted by atomic mass is 14.8. The maximum atomic E-state index is 6.20. The van der Waals surface area contributed by atoms with Crippen LogP contribution in [0.1, 0.15) is 34.0 Å². The van der Waals surface area contributed by atoms with E-state index < -0.39 is 0 Å². The Balaban J connectivity index is 2.25. The van der Waals surface area contributed by atoms with Gasteiger partial charge in [0.1, 0.15) is 0 Å². The number of nitrogens with two attached hydrogens (primary N) is 1. The van der Waals surface area contributed by atoms with Crippen molar-refractivity contribution < 1.29 is 0 Å². The van der Waals surface area contributed by atoms with Crippen LogP contribution in [0.4, 0.5) is 0 Å².